The van der Waals surface area contributed by atoms with Crippen LogP contribution in [0.3, 0.4) is 0 Å². The minimum atomic E-state index is 0. The van der Waals surface area contributed by atoms with Gasteiger partial charge < -0.3 is 44.1 Å². The van der Waals surface area contributed by atoms with Crippen LogP contribution in [0.4, 0.5) is 0 Å². The maximum atomic E-state index is 3.60. The van der Waals surface area contributed by atoms with Crippen LogP contribution in [0.1, 0.15) is 19.8 Å². The average Bonchev–Trinajstić information content (AvgIpc) is 1.37. The first-order valence-corrected chi connectivity index (χ1v) is 1.71. The van der Waals surface area contributed by atoms with Gasteiger partial charge in [-0.05, 0) is 0 Å². The molecule has 0 spiro atoms. The zero-order chi connectivity index (χ0) is 3.41. The van der Waals surface area contributed by atoms with Gasteiger partial charge in [0.25, 0.3) is 0 Å². The second-order valence-corrected chi connectivity index (χ2v) is 0.854. The Morgan fingerprint density at radius 1 is 1.12 bits per heavy atom. The van der Waals surface area contributed by atoms with Crippen molar-refractivity contribution in [3.8, 4) is 0 Å². The predicted molar refractivity (Wildman–Crippen MR) is 20.3 cm³/mol. The number of rotatable bonds is 1. The normalized spacial score (nSPS) is 3.75. The number of hydrogen-bond acceptors (Lipinski definition) is 0. The molecule has 0 heterocycles. The summed E-state index contributed by atoms with van der Waals surface area (Å²) in [5, 5.41) is 0. The first-order valence-electron chi connectivity index (χ1n) is 1.71. The topological polar surface area (TPSA) is 0 Å². The third-order valence-corrected chi connectivity index (χ3v) is 0.354. The minimum Gasteiger partial charge on any atom is -1.00 e. The van der Waals surface area contributed by atoms with Crippen molar-refractivity contribution in [2.45, 2.75) is 19.8 Å². The van der Waals surface area contributed by atoms with E-state index >= 15 is 0 Å². The molecule has 0 saturated carbocycles. The Kier molecular flexibility index (Phi) is 154. The fourth-order valence-corrected chi connectivity index (χ4v) is 0. The van der Waals surface area contributed by atoms with E-state index in [0.717, 1.165) is 6.42 Å². The van der Waals surface area contributed by atoms with E-state index in [1.165, 1.54) is 6.42 Å². The summed E-state index contributed by atoms with van der Waals surface area (Å²) in [5.41, 5.74) is 0. The predicted octanol–water partition coefficient (Wildman–Crippen LogP) is -7.37. The van der Waals surface area contributed by atoms with Crippen molar-refractivity contribution in [3.05, 3.63) is 6.92 Å². The van der Waals surface area contributed by atoms with Gasteiger partial charge in [-0.1, -0.05) is 13.3 Å². The summed E-state index contributed by atoms with van der Waals surface area (Å²) in [7, 11) is 0. The zero-order valence-electron chi connectivity index (χ0n) is 4.76. The standard InChI is InChI=1S/C4H9.3ClH.Zr/c1-3-4-2;;;;/h1,3-4H2,2H3;3*1H;/q-1;;;;+4/p-3. The molecule has 0 aliphatic heterocycles. The van der Waals surface area contributed by atoms with Gasteiger partial charge >= 0.3 is 26.2 Å². The zero-order valence-corrected chi connectivity index (χ0v) is 9.48. The molecule has 0 aromatic heterocycles. The molecule has 0 amide bonds. The summed E-state index contributed by atoms with van der Waals surface area (Å²) in [6, 6.07) is 0. The Morgan fingerprint density at radius 3 is 1.25 bits per heavy atom. The van der Waals surface area contributed by atoms with Crippen LogP contribution in [0.5, 0.6) is 0 Å². The monoisotopic (exact) mass is 252 g/mol. The van der Waals surface area contributed by atoms with Gasteiger partial charge in [0.15, 0.2) is 0 Å². The Bertz CT molecular complexity index is 13.2. The first kappa shape index (κ1) is 33.1. The Morgan fingerprint density at radius 2 is 1.25 bits per heavy atom. The van der Waals surface area contributed by atoms with Crippen LogP contribution in [-0.4, -0.2) is 0 Å². The maximum Gasteiger partial charge on any atom is 4.00 e. The van der Waals surface area contributed by atoms with Crippen LogP contribution in [0.15, 0.2) is 0 Å². The smallest absolute Gasteiger partial charge is 1.00 e. The molecule has 0 aromatic rings. The maximum absolute atomic E-state index is 3.60. The van der Waals surface area contributed by atoms with Crippen molar-refractivity contribution < 1.29 is 63.4 Å². The number of halogens is 3. The van der Waals surface area contributed by atoms with E-state index in [4.69, 9.17) is 0 Å². The molecule has 0 aliphatic carbocycles. The molecule has 0 unspecified atom stereocenters. The fourth-order valence-electron chi connectivity index (χ4n) is 0. The molecule has 0 nitrogen and oxygen atoms in total. The SMILES string of the molecule is [CH2-]CCC.[Cl-].[Cl-].[Cl-].[Zr+4]. The van der Waals surface area contributed by atoms with Crippen LogP contribution < -0.4 is 37.2 Å². The van der Waals surface area contributed by atoms with Gasteiger partial charge in [0.05, 0.1) is 0 Å². The molecule has 50 valence electrons. The van der Waals surface area contributed by atoms with Gasteiger partial charge in [0.2, 0.25) is 0 Å². The number of unbranched alkanes of at least 4 members (excludes halogenated alkanes) is 1. The second kappa shape index (κ2) is 37.4. The van der Waals surface area contributed by atoms with Gasteiger partial charge in [0, 0.05) is 0 Å². The molecule has 0 aliphatic rings. The molecule has 0 N–H and O–H groups in total. The fraction of sp³-hybridized carbons (Fsp3) is 0.750. The quantitative estimate of drug-likeness (QED) is 0.408. The van der Waals surface area contributed by atoms with Gasteiger partial charge in [-0.15, -0.1) is 0 Å². The van der Waals surface area contributed by atoms with Crippen LogP contribution >= 0.6 is 0 Å². The third-order valence-electron chi connectivity index (χ3n) is 0.354. The van der Waals surface area contributed by atoms with Crippen molar-refractivity contribution in [1.82, 2.24) is 0 Å². The average molecular weight is 255 g/mol. The summed E-state index contributed by atoms with van der Waals surface area (Å²) in [5.74, 6) is 0. The molecule has 0 aromatic carbocycles. The molecule has 4 heteroatoms. The molecule has 0 rings (SSSR count). The van der Waals surface area contributed by atoms with Crippen molar-refractivity contribution in [1.29, 1.82) is 0 Å². The van der Waals surface area contributed by atoms with E-state index in [9.17, 15) is 0 Å². The molecular formula is C4H9Cl3Zr. The van der Waals surface area contributed by atoms with E-state index < -0.39 is 0 Å². The van der Waals surface area contributed by atoms with Crippen molar-refractivity contribution in [2.24, 2.45) is 0 Å². The first-order chi connectivity index (χ1) is 1.91. The molecule has 0 saturated heterocycles. The molecule has 0 fully saturated rings. The summed E-state index contributed by atoms with van der Waals surface area (Å²) < 4.78 is 0. The third kappa shape index (κ3) is 46.6. The molecule has 0 atom stereocenters. The summed E-state index contributed by atoms with van der Waals surface area (Å²) in [6.45, 7) is 5.72. The summed E-state index contributed by atoms with van der Waals surface area (Å²) >= 11 is 0. The van der Waals surface area contributed by atoms with Crippen LogP contribution in [0.25, 0.3) is 0 Å². The summed E-state index contributed by atoms with van der Waals surface area (Å²) in [4.78, 5) is 0. The van der Waals surface area contributed by atoms with E-state index in [0.29, 0.717) is 0 Å². The van der Waals surface area contributed by atoms with E-state index in [1.807, 2.05) is 0 Å². The van der Waals surface area contributed by atoms with Crippen LogP contribution in [-0.2, 0) is 26.2 Å². The van der Waals surface area contributed by atoms with Gasteiger partial charge in [-0.3, -0.25) is 0 Å². The van der Waals surface area contributed by atoms with Crippen molar-refractivity contribution in [2.75, 3.05) is 0 Å². The number of hydrogen-bond donors (Lipinski definition) is 0. The van der Waals surface area contributed by atoms with Gasteiger partial charge in [-0.25, -0.2) is 0 Å². The summed E-state index contributed by atoms with van der Waals surface area (Å²) in [6.07, 6.45) is 2.28. The van der Waals surface area contributed by atoms with E-state index in [2.05, 4.69) is 13.8 Å². The van der Waals surface area contributed by atoms with Gasteiger partial charge in [-0.2, -0.15) is 6.42 Å². The Balaban J connectivity index is -0.00000000750. The molecule has 8 heavy (non-hydrogen) atoms. The Labute approximate surface area is 89.5 Å². The Hall–Kier alpha value is 1.75. The largest absolute Gasteiger partial charge is 4.00 e. The van der Waals surface area contributed by atoms with Crippen LogP contribution in [0, 0.1) is 6.92 Å². The second-order valence-electron chi connectivity index (χ2n) is 0.854. The van der Waals surface area contributed by atoms with Crippen molar-refractivity contribution in [3.63, 3.8) is 0 Å². The van der Waals surface area contributed by atoms with Gasteiger partial charge in [0.1, 0.15) is 0 Å². The van der Waals surface area contributed by atoms with Crippen LogP contribution in [0.2, 0.25) is 0 Å². The molecule has 0 bridgehead atoms. The molecular weight excluding hydrogens is 246 g/mol. The minimum absolute atomic E-state index is 0. The van der Waals surface area contributed by atoms with E-state index in [-0.39, 0.29) is 63.4 Å². The van der Waals surface area contributed by atoms with E-state index in [1.54, 1.807) is 0 Å². The molecule has 0 radical (unpaired) electrons. The van der Waals surface area contributed by atoms with Crippen molar-refractivity contribution >= 4 is 0 Å².